The van der Waals surface area contributed by atoms with Crippen LogP contribution >= 0.6 is 0 Å². The molecule has 0 unspecified atom stereocenters. The third kappa shape index (κ3) is 3.33. The fraction of sp³-hybridized carbons (Fsp3) is 0.200. The number of carbonyl (C=O) groups is 1. The van der Waals surface area contributed by atoms with Gasteiger partial charge in [0.15, 0.2) is 5.78 Å². The van der Waals surface area contributed by atoms with E-state index in [1.807, 2.05) is 54.6 Å². The Morgan fingerprint density at radius 1 is 0.694 bits per heavy atom. The summed E-state index contributed by atoms with van der Waals surface area (Å²) >= 11 is 0. The zero-order valence-corrected chi connectivity index (χ0v) is 20.1. The topological polar surface area (TPSA) is 73.4 Å². The number of Topliss-reactive ketones (excluding diaryl/α,β-unsaturated/α-hetero) is 1. The van der Waals surface area contributed by atoms with E-state index in [9.17, 15) is 14.4 Å². The summed E-state index contributed by atoms with van der Waals surface area (Å²) < 4.78 is 2.51. The van der Waals surface area contributed by atoms with Gasteiger partial charge in [0.25, 0.3) is 5.56 Å². The van der Waals surface area contributed by atoms with E-state index in [1.165, 1.54) is 22.7 Å². The van der Waals surface area contributed by atoms with Gasteiger partial charge < -0.3 is 0 Å². The van der Waals surface area contributed by atoms with Gasteiger partial charge >= 0.3 is 5.69 Å². The van der Waals surface area contributed by atoms with Crippen LogP contribution in [0.1, 0.15) is 44.1 Å². The molecule has 6 rings (SSSR count). The molecular weight excluding hydrogens is 450 g/mol. The number of hydrogen-bond acceptors (Lipinski definition) is 4. The number of carbonyl (C=O) groups excluding carboxylic acids is 1. The average molecular weight is 476 g/mol. The van der Waals surface area contributed by atoms with E-state index in [-0.39, 0.29) is 5.78 Å². The first-order chi connectivity index (χ1) is 17.5. The zero-order chi connectivity index (χ0) is 25.0. The molecule has 1 aliphatic heterocycles. The van der Waals surface area contributed by atoms with Gasteiger partial charge in [-0.3, -0.25) is 18.7 Å². The molecule has 0 fully saturated rings. The lowest BCUT2D eigenvalue weighted by Gasteiger charge is -2.30. The van der Waals surface area contributed by atoms with Crippen molar-refractivity contribution in [3.63, 3.8) is 0 Å². The first-order valence-corrected chi connectivity index (χ1v) is 12.1. The average Bonchev–Trinajstić information content (AvgIpc) is 3.21. The quantitative estimate of drug-likeness (QED) is 0.449. The minimum Gasteiger partial charge on any atom is -0.293 e. The third-order valence-electron chi connectivity index (χ3n) is 7.47. The summed E-state index contributed by atoms with van der Waals surface area (Å²) in [6.07, 6.45) is 1.82. The molecular formula is C30H25N3O3. The predicted molar refractivity (Wildman–Crippen MR) is 140 cm³/mol. The Morgan fingerprint density at radius 3 is 2.00 bits per heavy atom. The molecule has 2 heterocycles. The number of aromatic nitrogens is 2. The van der Waals surface area contributed by atoms with Crippen molar-refractivity contribution in [1.29, 1.82) is 0 Å². The molecule has 1 aliphatic carbocycles. The van der Waals surface area contributed by atoms with Crippen molar-refractivity contribution in [2.24, 2.45) is 25.0 Å². The van der Waals surface area contributed by atoms with E-state index >= 15 is 0 Å². The Labute approximate surface area is 208 Å². The molecule has 0 amide bonds. The van der Waals surface area contributed by atoms with Gasteiger partial charge in [0, 0.05) is 31.1 Å². The van der Waals surface area contributed by atoms with Crippen molar-refractivity contribution in [3.05, 3.63) is 133 Å². The highest BCUT2D eigenvalue weighted by atomic mass is 16.2. The van der Waals surface area contributed by atoms with Crippen LogP contribution in [0, 0.1) is 5.92 Å². The van der Waals surface area contributed by atoms with Gasteiger partial charge in [-0.2, -0.15) is 0 Å². The summed E-state index contributed by atoms with van der Waals surface area (Å²) in [7, 11) is 3.09. The van der Waals surface area contributed by atoms with Crippen LogP contribution < -0.4 is 11.2 Å². The Morgan fingerprint density at radius 2 is 1.31 bits per heavy atom. The van der Waals surface area contributed by atoms with Crippen molar-refractivity contribution in [3.8, 4) is 0 Å². The minimum absolute atomic E-state index is 0.0379. The summed E-state index contributed by atoms with van der Waals surface area (Å²) in [4.78, 5) is 44.6. The second-order valence-electron chi connectivity index (χ2n) is 9.53. The highest BCUT2D eigenvalue weighted by molar-refractivity contribution is 6.30. The third-order valence-corrected chi connectivity index (χ3v) is 7.47. The van der Waals surface area contributed by atoms with Crippen LogP contribution in [0.2, 0.25) is 0 Å². The van der Waals surface area contributed by atoms with E-state index in [4.69, 9.17) is 4.99 Å². The summed E-state index contributed by atoms with van der Waals surface area (Å²) in [5, 5.41) is 0. The summed E-state index contributed by atoms with van der Waals surface area (Å²) in [6.45, 7) is 0. The van der Waals surface area contributed by atoms with Crippen molar-refractivity contribution >= 4 is 17.3 Å². The van der Waals surface area contributed by atoms with Crippen LogP contribution in [0.15, 0.2) is 93.4 Å². The number of hydrogen-bond donors (Lipinski definition) is 0. The molecule has 2 atom stereocenters. The fourth-order valence-electron chi connectivity index (χ4n) is 5.55. The minimum atomic E-state index is -0.602. The van der Waals surface area contributed by atoms with Gasteiger partial charge in [-0.15, -0.1) is 0 Å². The molecule has 0 bridgehead atoms. The molecule has 178 valence electrons. The first-order valence-electron chi connectivity index (χ1n) is 12.1. The fourth-order valence-corrected chi connectivity index (χ4v) is 5.55. The molecule has 0 spiro atoms. The smallest absolute Gasteiger partial charge is 0.293 e. The van der Waals surface area contributed by atoms with Gasteiger partial charge in [0.05, 0.1) is 17.2 Å². The number of nitrogens with zero attached hydrogens (tertiary/aromatic N) is 3. The summed E-state index contributed by atoms with van der Waals surface area (Å²) in [5.74, 6) is -0.836. The molecule has 0 saturated carbocycles. The molecule has 0 radical (unpaired) electrons. The maximum Gasteiger partial charge on any atom is 0.332 e. The van der Waals surface area contributed by atoms with Crippen LogP contribution in [0.5, 0.6) is 0 Å². The van der Waals surface area contributed by atoms with Crippen LogP contribution in [0.4, 0.5) is 5.82 Å². The van der Waals surface area contributed by atoms with Gasteiger partial charge in [-0.25, -0.2) is 9.79 Å². The van der Waals surface area contributed by atoms with Crippen LogP contribution in [0.3, 0.4) is 0 Å². The van der Waals surface area contributed by atoms with Gasteiger partial charge in [0.2, 0.25) is 0 Å². The Kier molecular flexibility index (Phi) is 5.18. The highest BCUT2D eigenvalue weighted by Crippen LogP contribution is 2.46. The lowest BCUT2D eigenvalue weighted by Crippen LogP contribution is -2.43. The van der Waals surface area contributed by atoms with E-state index in [0.717, 1.165) is 28.5 Å². The molecule has 2 aliphatic rings. The first kappa shape index (κ1) is 22.2. The van der Waals surface area contributed by atoms with Crippen LogP contribution in [-0.2, 0) is 26.9 Å². The van der Waals surface area contributed by atoms with E-state index < -0.39 is 23.1 Å². The summed E-state index contributed by atoms with van der Waals surface area (Å²) in [6, 6.07) is 25.9. The van der Waals surface area contributed by atoms with Gasteiger partial charge in [-0.1, -0.05) is 78.9 Å². The monoisotopic (exact) mass is 475 g/mol. The molecule has 0 saturated heterocycles. The number of benzene rings is 3. The molecule has 36 heavy (non-hydrogen) atoms. The largest absolute Gasteiger partial charge is 0.332 e. The number of fused-ring (bicyclic) bond motifs is 4. The molecule has 1 aromatic heterocycles. The number of aliphatic imine (C=N–C) groups is 1. The Bertz CT molecular complexity index is 1660. The van der Waals surface area contributed by atoms with Crippen LogP contribution in [0.25, 0.3) is 0 Å². The van der Waals surface area contributed by atoms with Crippen molar-refractivity contribution in [2.45, 2.75) is 18.8 Å². The normalized spacial score (nSPS) is 17.8. The lowest BCUT2D eigenvalue weighted by molar-refractivity contribution is 0.0953. The van der Waals surface area contributed by atoms with E-state index in [1.54, 1.807) is 7.05 Å². The Hall–Kier alpha value is -4.32. The van der Waals surface area contributed by atoms with Gasteiger partial charge in [-0.05, 0) is 29.5 Å². The van der Waals surface area contributed by atoms with Crippen LogP contribution in [-0.4, -0.2) is 20.6 Å². The maximum atomic E-state index is 13.6. The number of aryl methyl sites for hydroxylation is 2. The molecule has 4 aromatic rings. The van der Waals surface area contributed by atoms with Gasteiger partial charge in [0.1, 0.15) is 5.82 Å². The lowest BCUT2D eigenvalue weighted by atomic mass is 9.76. The van der Waals surface area contributed by atoms with E-state index in [2.05, 4.69) is 24.3 Å². The van der Waals surface area contributed by atoms with E-state index in [0.29, 0.717) is 22.7 Å². The second kappa shape index (κ2) is 8.41. The van der Waals surface area contributed by atoms with Crippen molar-refractivity contribution in [2.75, 3.05) is 0 Å². The number of rotatable bonds is 4. The molecule has 6 heteroatoms. The molecule has 6 nitrogen and oxygen atoms in total. The second-order valence-corrected chi connectivity index (χ2v) is 9.53. The zero-order valence-electron chi connectivity index (χ0n) is 20.1. The number of ketones is 1. The maximum absolute atomic E-state index is 13.6. The Balaban J connectivity index is 1.47. The van der Waals surface area contributed by atoms with Crippen molar-refractivity contribution < 1.29 is 4.79 Å². The predicted octanol–water partition coefficient (Wildman–Crippen LogP) is 3.95. The molecule has 3 aromatic carbocycles. The van der Waals surface area contributed by atoms with Crippen molar-refractivity contribution in [1.82, 2.24) is 9.13 Å². The highest BCUT2D eigenvalue weighted by Gasteiger charge is 2.47. The molecule has 0 N–H and O–H groups in total. The standard InChI is InChI=1S/C30H25N3O3/c1-32-28-25(29(35)33(2)30(32)36)23(24-26(31-28)21-10-6-7-11-22(21)27(24)34)20-16-14-19(15-17-20)13-12-18-8-4-3-5-9-18/h3-11,14-17,23-24H,12-13H2,1-2H3/t23-,24+/m1/s1. The SMILES string of the molecule is Cn1c2c(c(=O)n(C)c1=O)[C@H](c1ccc(CCc3ccccc3)cc1)[C@@H]1C(=O)c3ccccc3C1=N2. The summed E-state index contributed by atoms with van der Waals surface area (Å²) in [5.41, 5.74) is 4.90.